The fraction of sp³-hybridized carbons (Fsp3) is 0.241. The zero-order valence-electron chi connectivity index (χ0n) is 21.7. The molecule has 1 amide bonds. The summed E-state index contributed by atoms with van der Waals surface area (Å²) < 4.78 is 5.95. The summed E-state index contributed by atoms with van der Waals surface area (Å²) in [5, 5.41) is 25.0. The fourth-order valence-corrected chi connectivity index (χ4v) is 5.08. The molecule has 1 saturated carbocycles. The number of amides is 1. The molecule has 0 bridgehead atoms. The molecule has 2 aromatic carbocycles. The number of aryl methyl sites for hydroxylation is 2. The molecule has 2 N–H and O–H groups in total. The molecule has 1 saturated heterocycles. The third-order valence-corrected chi connectivity index (χ3v) is 7.36. The number of pyridine rings is 1. The van der Waals surface area contributed by atoms with Crippen LogP contribution < -0.4 is 10.1 Å². The van der Waals surface area contributed by atoms with Gasteiger partial charge in [-0.3, -0.25) is 15.1 Å². The van der Waals surface area contributed by atoms with Gasteiger partial charge in [0.1, 0.15) is 29.2 Å². The van der Waals surface area contributed by atoms with Crippen LogP contribution in [0.3, 0.4) is 0 Å². The lowest BCUT2D eigenvalue weighted by atomic mass is 10.0. The SMILES string of the molecule is Cc1ccc(Oc2ccc(Nc3ncnc4cc(C#CC56CC5CN(C(=O)O)C6)c([N+](=O)[O-])cc34)cc2C)cn1. The van der Waals surface area contributed by atoms with Crippen LogP contribution in [0.5, 0.6) is 11.5 Å². The van der Waals surface area contributed by atoms with Gasteiger partial charge >= 0.3 is 6.09 Å². The van der Waals surface area contributed by atoms with Crippen molar-refractivity contribution in [3.63, 3.8) is 0 Å². The molecule has 0 spiro atoms. The number of benzene rings is 2. The van der Waals surface area contributed by atoms with E-state index < -0.39 is 16.4 Å². The zero-order valence-corrected chi connectivity index (χ0v) is 21.7. The largest absolute Gasteiger partial charge is 0.465 e. The summed E-state index contributed by atoms with van der Waals surface area (Å²) in [6, 6.07) is 12.3. The number of hydrogen-bond acceptors (Lipinski definition) is 8. The van der Waals surface area contributed by atoms with Gasteiger partial charge in [0.15, 0.2) is 0 Å². The van der Waals surface area contributed by atoms with Gasteiger partial charge in [-0.05, 0) is 68.1 Å². The highest BCUT2D eigenvalue weighted by Crippen LogP contribution is 2.57. The minimum Gasteiger partial charge on any atom is -0.465 e. The number of likely N-dealkylation sites (tertiary alicyclic amines) is 1. The second-order valence-electron chi connectivity index (χ2n) is 10.2. The summed E-state index contributed by atoms with van der Waals surface area (Å²) in [7, 11) is 0. The lowest BCUT2D eigenvalue weighted by Gasteiger charge is -2.14. The summed E-state index contributed by atoms with van der Waals surface area (Å²) in [6.45, 7) is 4.59. The Balaban J connectivity index is 1.28. The van der Waals surface area contributed by atoms with E-state index in [1.807, 2.05) is 44.2 Å². The molecule has 2 aromatic heterocycles. The van der Waals surface area contributed by atoms with Crippen LogP contribution in [0.1, 0.15) is 23.2 Å². The molecule has 3 heterocycles. The highest BCUT2D eigenvalue weighted by molar-refractivity contribution is 5.93. The van der Waals surface area contributed by atoms with Crippen molar-refractivity contribution in [2.24, 2.45) is 11.3 Å². The standard InChI is InChI=1S/C29H24N6O5/c1-17-9-21(4-6-26(17)40-22-5-3-18(2)30-13-22)33-27-23-11-25(35(38)39)19(10-24(23)31-16-32-27)7-8-29-12-20(29)14-34(15-29)28(36)37/h3-6,9-11,13,16,20H,12,14-15H2,1-2H3,(H,36,37)(H,31,32,33). The predicted molar refractivity (Wildman–Crippen MR) is 147 cm³/mol. The second-order valence-corrected chi connectivity index (χ2v) is 10.2. The normalized spacial score (nSPS) is 18.9. The minimum absolute atomic E-state index is 0.161. The number of piperidine rings is 1. The first-order chi connectivity index (χ1) is 19.2. The maximum Gasteiger partial charge on any atom is 0.407 e. The van der Waals surface area contributed by atoms with E-state index in [1.54, 1.807) is 12.3 Å². The van der Waals surface area contributed by atoms with Crippen LogP contribution >= 0.6 is 0 Å². The highest BCUT2D eigenvalue weighted by atomic mass is 16.6. The number of nitrogens with one attached hydrogen (secondary N) is 1. The Morgan fingerprint density at radius 1 is 1.20 bits per heavy atom. The topological polar surface area (TPSA) is 144 Å². The molecule has 2 fully saturated rings. The Bertz CT molecular complexity index is 1750. The lowest BCUT2D eigenvalue weighted by molar-refractivity contribution is -0.385. The number of fused-ring (bicyclic) bond motifs is 2. The molecule has 4 aromatic rings. The molecule has 2 atom stereocenters. The van der Waals surface area contributed by atoms with Crippen molar-refractivity contribution in [2.45, 2.75) is 20.3 Å². The number of carboxylic acid groups (broad SMARTS) is 1. The molecule has 11 heteroatoms. The summed E-state index contributed by atoms with van der Waals surface area (Å²) >= 11 is 0. The van der Waals surface area contributed by atoms with E-state index in [4.69, 9.17) is 4.74 Å². The number of carbonyl (C=O) groups is 1. The average molecular weight is 537 g/mol. The number of rotatable bonds is 5. The van der Waals surface area contributed by atoms with E-state index in [9.17, 15) is 20.0 Å². The van der Waals surface area contributed by atoms with E-state index in [0.29, 0.717) is 41.3 Å². The van der Waals surface area contributed by atoms with Gasteiger partial charge in [0.05, 0.1) is 22.1 Å². The average Bonchev–Trinajstić information content (AvgIpc) is 3.48. The third-order valence-electron chi connectivity index (χ3n) is 7.36. The van der Waals surface area contributed by atoms with Crippen LogP contribution in [0.15, 0.2) is 55.0 Å². The van der Waals surface area contributed by atoms with Gasteiger partial charge in [0.25, 0.3) is 5.69 Å². The predicted octanol–water partition coefficient (Wildman–Crippen LogP) is 5.44. The molecular weight excluding hydrogens is 512 g/mol. The number of nitro benzene ring substituents is 1. The summed E-state index contributed by atoms with van der Waals surface area (Å²) in [4.78, 5) is 37.1. The zero-order chi connectivity index (χ0) is 28.0. The number of hydrogen-bond donors (Lipinski definition) is 2. The van der Waals surface area contributed by atoms with Gasteiger partial charge in [-0.15, -0.1) is 0 Å². The van der Waals surface area contributed by atoms with Gasteiger partial charge in [-0.1, -0.05) is 11.8 Å². The van der Waals surface area contributed by atoms with Crippen LogP contribution in [0.4, 0.5) is 22.0 Å². The van der Waals surface area contributed by atoms with Gasteiger partial charge in [0, 0.05) is 35.9 Å². The molecule has 2 aliphatic rings. The quantitative estimate of drug-likeness (QED) is 0.194. The van der Waals surface area contributed by atoms with Crippen molar-refractivity contribution in [3.8, 4) is 23.3 Å². The number of nitro groups is 1. The lowest BCUT2D eigenvalue weighted by Crippen LogP contribution is -2.29. The van der Waals surface area contributed by atoms with E-state index in [0.717, 1.165) is 23.4 Å². The molecule has 200 valence electrons. The third kappa shape index (κ3) is 4.71. The molecule has 1 aliphatic carbocycles. The first-order valence-electron chi connectivity index (χ1n) is 12.6. The Kier molecular flexibility index (Phi) is 5.95. The van der Waals surface area contributed by atoms with Crippen molar-refractivity contribution in [1.29, 1.82) is 0 Å². The second kappa shape index (κ2) is 9.50. The van der Waals surface area contributed by atoms with Crippen LogP contribution in [0.2, 0.25) is 0 Å². The van der Waals surface area contributed by atoms with Gasteiger partial charge in [-0.2, -0.15) is 0 Å². The van der Waals surface area contributed by atoms with Crippen molar-refractivity contribution < 1.29 is 19.6 Å². The van der Waals surface area contributed by atoms with E-state index in [1.165, 1.54) is 17.3 Å². The molecule has 2 unspecified atom stereocenters. The number of ether oxygens (including phenoxy) is 1. The number of aromatic nitrogens is 3. The van der Waals surface area contributed by atoms with E-state index >= 15 is 0 Å². The first kappa shape index (κ1) is 25.1. The maximum absolute atomic E-state index is 12.0. The minimum atomic E-state index is -0.970. The van der Waals surface area contributed by atoms with Crippen LogP contribution in [-0.2, 0) is 0 Å². The van der Waals surface area contributed by atoms with Crippen LogP contribution in [0, 0.1) is 47.1 Å². The van der Waals surface area contributed by atoms with Crippen LogP contribution in [-0.4, -0.2) is 49.1 Å². The number of nitrogens with zero attached hydrogens (tertiary/aromatic N) is 5. The first-order valence-corrected chi connectivity index (χ1v) is 12.6. The molecule has 11 nitrogen and oxygen atoms in total. The Hall–Kier alpha value is -5.24. The molecule has 1 aliphatic heterocycles. The number of anilines is 2. The fourth-order valence-electron chi connectivity index (χ4n) is 5.08. The monoisotopic (exact) mass is 536 g/mol. The summed E-state index contributed by atoms with van der Waals surface area (Å²) in [5.41, 5.74) is 2.64. The smallest absolute Gasteiger partial charge is 0.407 e. The molecule has 40 heavy (non-hydrogen) atoms. The highest BCUT2D eigenvalue weighted by Gasteiger charge is 2.60. The van der Waals surface area contributed by atoms with Gasteiger partial charge in [0.2, 0.25) is 0 Å². The van der Waals surface area contributed by atoms with Crippen molar-refractivity contribution in [2.75, 3.05) is 18.4 Å². The van der Waals surface area contributed by atoms with Crippen molar-refractivity contribution in [3.05, 3.63) is 81.9 Å². The molecule has 6 rings (SSSR count). The summed E-state index contributed by atoms with van der Waals surface area (Å²) in [6.07, 6.45) is 2.88. The summed E-state index contributed by atoms with van der Waals surface area (Å²) in [5.74, 6) is 8.00. The maximum atomic E-state index is 12.0. The van der Waals surface area contributed by atoms with Crippen molar-refractivity contribution >= 4 is 34.2 Å². The molecule has 0 radical (unpaired) electrons. The van der Waals surface area contributed by atoms with Gasteiger partial charge < -0.3 is 20.1 Å². The van der Waals surface area contributed by atoms with E-state index in [-0.39, 0.29) is 17.2 Å². The van der Waals surface area contributed by atoms with Crippen LogP contribution in [0.25, 0.3) is 10.9 Å². The van der Waals surface area contributed by atoms with Gasteiger partial charge in [-0.25, -0.2) is 14.8 Å². The Labute approximate surface area is 229 Å². The Morgan fingerprint density at radius 3 is 2.75 bits per heavy atom. The molecular formula is C29H24N6O5. The van der Waals surface area contributed by atoms with Crippen molar-refractivity contribution in [1.82, 2.24) is 19.9 Å². The Morgan fingerprint density at radius 2 is 2.05 bits per heavy atom. The van der Waals surface area contributed by atoms with E-state index in [2.05, 4.69) is 32.1 Å².